The average Bonchev–Trinajstić information content (AvgIpc) is 2.44. The van der Waals surface area contributed by atoms with Gasteiger partial charge in [-0.3, -0.25) is 4.79 Å². The lowest BCUT2D eigenvalue weighted by molar-refractivity contribution is 0.465. The molecule has 0 aliphatic carbocycles. The van der Waals surface area contributed by atoms with E-state index in [0.29, 0.717) is 5.39 Å². The largest absolute Gasteiger partial charge is 0.503 e. The molecule has 0 fully saturated rings. The SMILES string of the molecule is O=c1c(O)c(CCCCCCS)sc2ccccc12. The number of thiol groups is 1. The van der Waals surface area contributed by atoms with E-state index in [1.54, 1.807) is 6.07 Å². The number of hydrogen-bond acceptors (Lipinski definition) is 4. The zero-order chi connectivity index (χ0) is 13.7. The first-order chi connectivity index (χ1) is 9.24. The maximum absolute atomic E-state index is 12.0. The van der Waals surface area contributed by atoms with Gasteiger partial charge in [-0.1, -0.05) is 25.0 Å². The third-order valence-corrected chi connectivity index (χ3v) is 4.69. The number of benzene rings is 1. The normalized spacial score (nSPS) is 11.0. The van der Waals surface area contributed by atoms with E-state index in [4.69, 9.17) is 0 Å². The number of fused-ring (bicyclic) bond motifs is 1. The Labute approximate surface area is 122 Å². The minimum Gasteiger partial charge on any atom is -0.503 e. The summed E-state index contributed by atoms with van der Waals surface area (Å²) in [4.78, 5) is 12.8. The molecule has 1 N–H and O–H groups in total. The Balaban J connectivity index is 2.15. The Morgan fingerprint density at radius 3 is 2.63 bits per heavy atom. The summed E-state index contributed by atoms with van der Waals surface area (Å²) in [6.07, 6.45) is 5.20. The van der Waals surface area contributed by atoms with Crippen molar-refractivity contribution in [2.45, 2.75) is 32.1 Å². The highest BCUT2D eigenvalue weighted by Crippen LogP contribution is 2.27. The van der Waals surface area contributed by atoms with E-state index >= 15 is 0 Å². The van der Waals surface area contributed by atoms with Crippen LogP contribution in [-0.2, 0) is 6.42 Å². The Morgan fingerprint density at radius 2 is 1.84 bits per heavy atom. The second-order valence-electron chi connectivity index (χ2n) is 4.59. The van der Waals surface area contributed by atoms with Crippen molar-refractivity contribution in [3.63, 3.8) is 0 Å². The average molecular weight is 294 g/mol. The van der Waals surface area contributed by atoms with E-state index in [0.717, 1.165) is 47.4 Å². The molecule has 0 atom stereocenters. The van der Waals surface area contributed by atoms with Crippen molar-refractivity contribution < 1.29 is 5.11 Å². The molecule has 1 heterocycles. The topological polar surface area (TPSA) is 37.3 Å². The van der Waals surface area contributed by atoms with Crippen LogP contribution in [0.15, 0.2) is 29.1 Å². The number of aromatic hydroxyl groups is 1. The Kier molecular flexibility index (Phi) is 5.28. The van der Waals surface area contributed by atoms with Gasteiger partial charge in [0.05, 0.1) is 4.88 Å². The van der Waals surface area contributed by atoms with E-state index in [9.17, 15) is 9.90 Å². The summed E-state index contributed by atoms with van der Waals surface area (Å²) in [5.74, 6) is 0.868. The van der Waals surface area contributed by atoms with Crippen LogP contribution in [0.5, 0.6) is 5.75 Å². The fourth-order valence-electron chi connectivity index (χ4n) is 2.10. The Bertz CT molecular complexity index is 605. The lowest BCUT2D eigenvalue weighted by Gasteiger charge is -2.05. The predicted octanol–water partition coefficient (Wildman–Crippen LogP) is 4.00. The zero-order valence-corrected chi connectivity index (χ0v) is 12.5. The first-order valence-electron chi connectivity index (χ1n) is 6.58. The summed E-state index contributed by atoms with van der Waals surface area (Å²) >= 11 is 5.71. The minimum atomic E-state index is -0.236. The van der Waals surface area contributed by atoms with Crippen LogP contribution in [0, 0.1) is 0 Å². The standard InChI is InChI=1S/C15H18O2S2/c16-14-11-7-4-5-8-12(11)19-13(15(14)17)9-3-1-2-6-10-18/h4-5,7-8,17-18H,1-3,6,9-10H2. The maximum atomic E-state index is 12.0. The zero-order valence-electron chi connectivity index (χ0n) is 10.8. The molecule has 0 aliphatic rings. The third-order valence-electron chi connectivity index (χ3n) is 3.16. The molecule has 0 spiro atoms. The molecule has 0 aliphatic heterocycles. The first kappa shape index (κ1) is 14.4. The lowest BCUT2D eigenvalue weighted by Crippen LogP contribution is -2.02. The number of hydrogen-bond donors (Lipinski definition) is 2. The fraction of sp³-hybridized carbons (Fsp3) is 0.400. The van der Waals surface area contributed by atoms with Crippen molar-refractivity contribution in [2.24, 2.45) is 0 Å². The van der Waals surface area contributed by atoms with E-state index in [1.165, 1.54) is 11.3 Å². The highest BCUT2D eigenvalue weighted by Gasteiger charge is 2.10. The second-order valence-corrected chi connectivity index (χ2v) is 6.17. The van der Waals surface area contributed by atoms with E-state index in [1.807, 2.05) is 18.2 Å². The van der Waals surface area contributed by atoms with Crippen LogP contribution >= 0.6 is 24.0 Å². The molecule has 0 saturated heterocycles. The summed E-state index contributed by atoms with van der Waals surface area (Å²) in [5, 5.41) is 10.6. The van der Waals surface area contributed by atoms with Crippen molar-refractivity contribution in [3.8, 4) is 5.75 Å². The quantitative estimate of drug-likeness (QED) is 0.624. The molecular formula is C15H18O2S2. The van der Waals surface area contributed by atoms with Gasteiger partial charge in [0.15, 0.2) is 5.75 Å². The van der Waals surface area contributed by atoms with Gasteiger partial charge < -0.3 is 5.11 Å². The molecule has 2 nitrogen and oxygen atoms in total. The molecule has 102 valence electrons. The molecule has 2 rings (SSSR count). The predicted molar refractivity (Wildman–Crippen MR) is 85.8 cm³/mol. The van der Waals surface area contributed by atoms with Gasteiger partial charge in [0.1, 0.15) is 0 Å². The van der Waals surface area contributed by atoms with E-state index in [2.05, 4.69) is 12.6 Å². The number of aryl methyl sites for hydroxylation is 1. The van der Waals surface area contributed by atoms with Crippen LogP contribution in [0.25, 0.3) is 10.1 Å². The summed E-state index contributed by atoms with van der Waals surface area (Å²) in [6, 6.07) is 7.45. The van der Waals surface area contributed by atoms with Crippen molar-refractivity contribution >= 4 is 34.1 Å². The van der Waals surface area contributed by atoms with Crippen molar-refractivity contribution in [1.29, 1.82) is 0 Å². The molecule has 2 aromatic rings. The summed E-state index contributed by atoms with van der Waals surface area (Å²) < 4.78 is 0.954. The van der Waals surface area contributed by atoms with Gasteiger partial charge in [0.2, 0.25) is 5.43 Å². The van der Waals surface area contributed by atoms with Crippen LogP contribution in [0.2, 0.25) is 0 Å². The fourth-order valence-corrected chi connectivity index (χ4v) is 3.44. The van der Waals surface area contributed by atoms with Crippen LogP contribution in [0.4, 0.5) is 0 Å². The van der Waals surface area contributed by atoms with Crippen molar-refractivity contribution in [3.05, 3.63) is 39.4 Å². The highest BCUT2D eigenvalue weighted by atomic mass is 32.1. The van der Waals surface area contributed by atoms with Crippen molar-refractivity contribution in [1.82, 2.24) is 0 Å². The second kappa shape index (κ2) is 6.96. The molecule has 1 aromatic heterocycles. The first-order valence-corrected chi connectivity index (χ1v) is 8.03. The molecule has 0 unspecified atom stereocenters. The van der Waals surface area contributed by atoms with Gasteiger partial charge in [0.25, 0.3) is 0 Å². The maximum Gasteiger partial charge on any atom is 0.229 e. The van der Waals surface area contributed by atoms with Gasteiger partial charge >= 0.3 is 0 Å². The van der Waals surface area contributed by atoms with Gasteiger partial charge in [-0.2, -0.15) is 12.6 Å². The van der Waals surface area contributed by atoms with Crippen LogP contribution < -0.4 is 5.43 Å². The summed E-state index contributed by atoms with van der Waals surface area (Å²) in [5.41, 5.74) is -0.236. The van der Waals surface area contributed by atoms with Crippen LogP contribution in [0.3, 0.4) is 0 Å². The molecule has 0 bridgehead atoms. The number of rotatable bonds is 6. The molecule has 0 amide bonds. The molecule has 0 radical (unpaired) electrons. The monoisotopic (exact) mass is 294 g/mol. The van der Waals surface area contributed by atoms with Gasteiger partial charge in [0, 0.05) is 10.1 Å². The van der Waals surface area contributed by atoms with E-state index < -0.39 is 0 Å². The Hall–Kier alpha value is -1.00. The number of unbranched alkanes of at least 4 members (excludes halogenated alkanes) is 3. The van der Waals surface area contributed by atoms with Gasteiger partial charge in [-0.15, -0.1) is 11.3 Å². The molecule has 0 saturated carbocycles. The molecule has 1 aromatic carbocycles. The molecular weight excluding hydrogens is 276 g/mol. The Morgan fingerprint density at radius 1 is 1.11 bits per heavy atom. The van der Waals surface area contributed by atoms with E-state index in [-0.39, 0.29) is 11.2 Å². The summed E-state index contributed by atoms with van der Waals surface area (Å²) in [7, 11) is 0. The van der Waals surface area contributed by atoms with Crippen LogP contribution in [-0.4, -0.2) is 10.9 Å². The summed E-state index contributed by atoms with van der Waals surface area (Å²) in [6.45, 7) is 0. The van der Waals surface area contributed by atoms with Gasteiger partial charge in [-0.05, 0) is 37.1 Å². The molecule has 4 heteroatoms. The smallest absolute Gasteiger partial charge is 0.229 e. The third kappa shape index (κ3) is 3.51. The lowest BCUT2D eigenvalue weighted by atomic mass is 10.1. The van der Waals surface area contributed by atoms with Crippen molar-refractivity contribution in [2.75, 3.05) is 5.75 Å². The molecule has 19 heavy (non-hydrogen) atoms. The highest BCUT2D eigenvalue weighted by molar-refractivity contribution is 7.80. The van der Waals surface area contributed by atoms with Crippen LogP contribution in [0.1, 0.15) is 30.6 Å². The van der Waals surface area contributed by atoms with Gasteiger partial charge in [-0.25, -0.2) is 0 Å². The minimum absolute atomic E-state index is 0.0575.